The van der Waals surface area contributed by atoms with Crippen LogP contribution < -0.4 is 12.3 Å². The van der Waals surface area contributed by atoms with Crippen molar-refractivity contribution in [3.05, 3.63) is 0 Å². The lowest BCUT2D eigenvalue weighted by Crippen LogP contribution is -0.482. The Labute approximate surface area is 57.9 Å². The summed E-state index contributed by atoms with van der Waals surface area (Å²) >= 11 is 0. The van der Waals surface area contributed by atoms with Crippen molar-refractivity contribution < 1.29 is 0 Å². The predicted octanol–water partition coefficient (Wildman–Crippen LogP) is 4.14. The SMILES string of the molecule is C.C.C.C.C.C.N.N. The molecule has 0 radical (unpaired) electrons. The van der Waals surface area contributed by atoms with E-state index in [-0.39, 0.29) is 56.9 Å². The van der Waals surface area contributed by atoms with E-state index in [2.05, 4.69) is 0 Å². The van der Waals surface area contributed by atoms with Gasteiger partial charge in [0.1, 0.15) is 0 Å². The van der Waals surface area contributed by atoms with Gasteiger partial charge in [-0.2, -0.15) is 0 Å². The molecule has 0 fully saturated rings. The maximum atomic E-state index is 0. The average Bonchev–Trinajstić information content (AvgIpc) is 0. The molecule has 0 saturated carbocycles. The third-order valence-electron chi connectivity index (χ3n) is 0. The minimum Gasteiger partial charge on any atom is -0.344 e. The molecular weight excluding hydrogens is 100 g/mol. The van der Waals surface area contributed by atoms with E-state index in [0.29, 0.717) is 0 Å². The van der Waals surface area contributed by atoms with Crippen molar-refractivity contribution in [1.82, 2.24) is 12.3 Å². The van der Waals surface area contributed by atoms with Crippen LogP contribution in [-0.4, -0.2) is 0 Å². The van der Waals surface area contributed by atoms with Crippen LogP contribution in [0.3, 0.4) is 0 Å². The fourth-order valence-electron chi connectivity index (χ4n) is 0. The van der Waals surface area contributed by atoms with Gasteiger partial charge in [0.05, 0.1) is 0 Å². The molecule has 0 aliphatic carbocycles. The van der Waals surface area contributed by atoms with E-state index in [4.69, 9.17) is 0 Å². The molecule has 0 aromatic rings. The summed E-state index contributed by atoms with van der Waals surface area (Å²) in [6.45, 7) is 0. The number of hydrogen-bond acceptors (Lipinski definition) is 2. The highest BCUT2D eigenvalue weighted by Gasteiger charge is -0.0725. The van der Waals surface area contributed by atoms with E-state index in [1.807, 2.05) is 0 Å². The average molecular weight is 130 g/mol. The zero-order valence-electron chi connectivity index (χ0n) is 1.41. The van der Waals surface area contributed by atoms with Crippen LogP contribution in [0.15, 0.2) is 0 Å². The van der Waals surface area contributed by atoms with Gasteiger partial charge in [-0.05, 0) is 0 Å². The smallest absolute Gasteiger partial charge is 0.0776 e. The Hall–Kier alpha value is -0.0800. The molecule has 0 saturated heterocycles. The standard InChI is InChI=1S/6CH4.2H3N/h6*1H4;2*1H3. The molecule has 0 aliphatic heterocycles. The van der Waals surface area contributed by atoms with Gasteiger partial charge >= 0.3 is 0 Å². The normalized spacial score (nSPS) is 0. The van der Waals surface area contributed by atoms with Crippen molar-refractivity contribution in [2.75, 3.05) is 0 Å². The second-order valence-electron chi connectivity index (χ2n) is 0. The summed E-state index contributed by atoms with van der Waals surface area (Å²) in [7, 11) is 0. The van der Waals surface area contributed by atoms with Crippen LogP contribution in [0.1, 0.15) is 44.6 Å². The van der Waals surface area contributed by atoms with Crippen LogP contribution in [-0.2, 0) is 0 Å². The van der Waals surface area contributed by atoms with Crippen molar-refractivity contribution in [2.45, 2.75) is 44.6 Å². The largest absolute Gasteiger partial charge is 0.344 e. The number of hydrogen-bond donors (Lipinski definition) is 2. The van der Waals surface area contributed by atoms with Gasteiger partial charge in [0.25, 0.3) is 0 Å². The van der Waals surface area contributed by atoms with Crippen molar-refractivity contribution >= 4 is 0 Å². The van der Waals surface area contributed by atoms with Crippen LogP contribution in [0, 0.1) is 0 Å². The monoisotopic (exact) mass is 130 g/mol. The second-order valence-corrected chi connectivity index (χ2v) is 0. The first kappa shape index (κ1) is 59300. The third-order valence-corrected chi connectivity index (χ3v) is 0. The van der Waals surface area contributed by atoms with E-state index < -0.39 is 0 Å². The summed E-state index contributed by atoms with van der Waals surface area (Å²) in [6.07, 6.45) is 0. The predicted molar refractivity (Wildman–Crippen MR) is 50.4 cm³/mol. The second kappa shape index (κ2) is 37900. The van der Waals surface area contributed by atoms with Crippen LogP contribution in [0.2, 0.25) is 0 Å². The van der Waals surface area contributed by atoms with E-state index >= 15 is 0 Å². The summed E-state index contributed by atoms with van der Waals surface area (Å²) in [5.74, 6) is 0. The fourth-order valence-corrected chi connectivity index (χ4v) is 0. The molecule has 0 atom stereocenters. The van der Waals surface area contributed by atoms with Crippen molar-refractivity contribution in [3.8, 4) is 0 Å². The van der Waals surface area contributed by atoms with Crippen molar-refractivity contribution in [3.63, 3.8) is 0 Å². The van der Waals surface area contributed by atoms with Crippen molar-refractivity contribution in [1.29, 1.82) is 0 Å². The van der Waals surface area contributed by atoms with Gasteiger partial charge in [0.15, 0.2) is 0 Å². The topological polar surface area (TPSA) is 70.0 Å². The fraction of sp³-hybridized carbons (Fsp3) is 1.00. The first-order valence-corrected chi connectivity index (χ1v) is 0. The Morgan fingerprint density at radius 2 is 0.250 bits per heavy atom. The zero-order chi connectivity index (χ0) is 0. The molecule has 0 spiro atoms. The third kappa shape index (κ3) is 22400. The molecule has 2 nitrogen and oxygen atoms in total. The van der Waals surface area contributed by atoms with E-state index in [1.54, 1.807) is 0 Å². The van der Waals surface area contributed by atoms with Crippen LogP contribution >= 0.6 is 0 Å². The molecule has 0 unspecified atom stereocenters. The first-order chi connectivity index (χ1) is 0. The van der Waals surface area contributed by atoms with Gasteiger partial charge in [0, 0.05) is 0 Å². The molecule has 0 aliphatic rings. The molecule has 0 heterocycles. The molecule has 2 heteroatoms. The molecule has 0 aromatic carbocycles. The number of rotatable bonds is 0. The van der Waals surface area contributed by atoms with Crippen molar-refractivity contribution in [2.24, 2.45) is 0 Å². The van der Waals surface area contributed by atoms with Crippen LogP contribution in [0.4, 0.5) is 0 Å². The highest BCUT2D eigenvalue weighted by molar-refractivity contribution is 2.51. The minimum atomic E-state index is 0. The summed E-state index contributed by atoms with van der Waals surface area (Å²) in [5, 5.41) is 0. The van der Waals surface area contributed by atoms with Gasteiger partial charge in [-0.15, -0.1) is 0 Å². The lowest BCUT2D eigenvalue weighted by Gasteiger charge is -0.345. The van der Waals surface area contributed by atoms with E-state index in [0.717, 1.165) is 0 Å². The Balaban J connectivity index is 0. The maximum absolute atomic E-state index is 0. The summed E-state index contributed by atoms with van der Waals surface area (Å²) < 4.78 is 0. The first-order valence-electron chi connectivity index (χ1n) is 0. The van der Waals surface area contributed by atoms with Gasteiger partial charge in [-0.25, -0.2) is 0 Å². The maximum Gasteiger partial charge on any atom is -0.0776 e. The minimum absolute atomic E-state index is 0. The Kier molecular flexibility index (Phi) is 281000000. The van der Waals surface area contributed by atoms with Gasteiger partial charge in [0.2, 0.25) is 0 Å². The quantitative estimate of drug-likeness (QED) is 0.517. The Morgan fingerprint density at radius 1 is 0.250 bits per heavy atom. The zero-order valence-corrected chi connectivity index (χ0v) is 1.41. The van der Waals surface area contributed by atoms with Crippen LogP contribution in [0.5, 0.6) is 0 Å². The molecule has 64 valence electrons. The highest BCUT2D eigenvalue weighted by Crippen LogP contribution is 0.149. The van der Waals surface area contributed by atoms with E-state index in [9.17, 15) is 0 Å². The molecular formula is C6H30N2. The Bertz CT molecular complexity index is 6.49. The molecule has 8 heavy (non-hydrogen) atoms. The Morgan fingerprint density at radius 3 is 0.250 bits per heavy atom. The highest BCUT2D eigenvalue weighted by atomic mass is 14.0. The van der Waals surface area contributed by atoms with Crippen LogP contribution in [0.25, 0.3) is 0 Å². The molecule has 0 bridgehead atoms. The molecule has 0 amide bonds. The summed E-state index contributed by atoms with van der Waals surface area (Å²) in [6, 6.07) is 0. The summed E-state index contributed by atoms with van der Waals surface area (Å²) in [5.41, 5.74) is 0. The van der Waals surface area contributed by atoms with E-state index in [1.165, 1.54) is 0 Å². The molecule has 0 aromatic heterocycles. The molecule has 6 N–H and O–H groups in total. The molecule has 0 rings (SSSR count). The summed E-state index contributed by atoms with van der Waals surface area (Å²) in [4.78, 5) is 0. The van der Waals surface area contributed by atoms with Gasteiger partial charge in [-0.1, -0.05) is 44.6 Å². The van der Waals surface area contributed by atoms with Gasteiger partial charge < -0.3 is 12.3 Å². The lowest BCUT2D eigenvalue weighted by atomic mass is 12.0. The lowest BCUT2D eigenvalue weighted by molar-refractivity contribution is 2.13. The van der Waals surface area contributed by atoms with Gasteiger partial charge in [-0.3, -0.25) is 0 Å².